The monoisotopic (exact) mass is 379 g/mol. The summed E-state index contributed by atoms with van der Waals surface area (Å²) >= 11 is 0. The Bertz CT molecular complexity index is 811. The van der Waals surface area contributed by atoms with Crippen molar-refractivity contribution in [3.63, 3.8) is 0 Å². The molecule has 0 N–H and O–H groups in total. The summed E-state index contributed by atoms with van der Waals surface area (Å²) in [6, 6.07) is 6.72. The van der Waals surface area contributed by atoms with E-state index < -0.39 is 10.1 Å². The van der Waals surface area contributed by atoms with Crippen LogP contribution in [0.5, 0.6) is 0 Å². The third-order valence-corrected chi connectivity index (χ3v) is 6.11. The lowest BCUT2D eigenvalue weighted by atomic mass is 9.94. The van der Waals surface area contributed by atoms with Crippen molar-refractivity contribution >= 4 is 16.1 Å². The fraction of sp³-hybridized carbons (Fsp3) is 0.588. The first-order valence-electron chi connectivity index (χ1n) is 8.97. The van der Waals surface area contributed by atoms with E-state index in [1.807, 2.05) is 13.8 Å². The summed E-state index contributed by atoms with van der Waals surface area (Å²) in [6.45, 7) is 6.63. The molecule has 0 amide bonds. The van der Waals surface area contributed by atoms with Crippen LogP contribution in [0.2, 0.25) is 0 Å². The van der Waals surface area contributed by atoms with E-state index in [-0.39, 0.29) is 11.5 Å². The molecule has 2 aromatic rings. The molecule has 1 fully saturated rings. The molecule has 142 valence electrons. The van der Waals surface area contributed by atoms with Gasteiger partial charge in [-0.25, -0.2) is 4.68 Å². The summed E-state index contributed by atoms with van der Waals surface area (Å²) in [5.74, 6) is 1.26. The Balaban J connectivity index is 1.46. The van der Waals surface area contributed by atoms with Gasteiger partial charge in [0, 0.05) is 19.6 Å². The molecule has 1 aromatic carbocycles. The lowest BCUT2D eigenvalue weighted by Crippen LogP contribution is -2.36. The number of piperidine rings is 1. The number of benzene rings is 1. The van der Waals surface area contributed by atoms with Crippen molar-refractivity contribution in [3.05, 3.63) is 29.8 Å². The van der Waals surface area contributed by atoms with Crippen LogP contribution in [-0.2, 0) is 20.8 Å². The summed E-state index contributed by atoms with van der Waals surface area (Å²) in [6.07, 6.45) is 2.69. The average Bonchev–Trinajstić information content (AvgIpc) is 3.11. The molecule has 1 aliphatic heterocycles. The molecule has 0 aliphatic carbocycles. The highest BCUT2D eigenvalue weighted by atomic mass is 32.2. The molecule has 1 aliphatic rings. The Labute approximate surface area is 154 Å². The van der Waals surface area contributed by atoms with Crippen molar-refractivity contribution in [1.82, 2.24) is 20.2 Å². The number of aromatic nitrogens is 4. The van der Waals surface area contributed by atoms with Gasteiger partial charge in [0.05, 0.1) is 11.5 Å². The Hall–Kier alpha value is -2.00. The van der Waals surface area contributed by atoms with Crippen LogP contribution < -0.4 is 4.90 Å². The topological polar surface area (TPSA) is 90.2 Å². The van der Waals surface area contributed by atoms with Crippen molar-refractivity contribution < 1.29 is 12.6 Å². The van der Waals surface area contributed by atoms with Gasteiger partial charge in [-0.1, -0.05) is 22.8 Å². The number of hydrogen-bond acceptors (Lipinski definition) is 7. The minimum Gasteiger partial charge on any atom is -0.340 e. The molecule has 9 heteroatoms. The summed E-state index contributed by atoms with van der Waals surface area (Å²) in [4.78, 5) is 2.40. The second-order valence-electron chi connectivity index (χ2n) is 6.60. The van der Waals surface area contributed by atoms with Gasteiger partial charge >= 0.3 is 0 Å². The molecule has 0 unspecified atom stereocenters. The number of anilines is 1. The molecule has 0 bridgehead atoms. The molecule has 1 aromatic heterocycles. The Morgan fingerprint density at radius 1 is 1.19 bits per heavy atom. The van der Waals surface area contributed by atoms with Crippen molar-refractivity contribution in [1.29, 1.82) is 0 Å². The molecule has 0 spiro atoms. The lowest BCUT2D eigenvalue weighted by Gasteiger charge is -2.31. The first-order valence-corrected chi connectivity index (χ1v) is 10.4. The Morgan fingerprint density at radius 3 is 2.54 bits per heavy atom. The van der Waals surface area contributed by atoms with Crippen LogP contribution in [0.25, 0.3) is 0 Å². The minimum atomic E-state index is -3.67. The van der Waals surface area contributed by atoms with Crippen molar-refractivity contribution in [2.45, 2.75) is 44.6 Å². The predicted octanol–water partition coefficient (Wildman–Crippen LogP) is 2.01. The normalized spacial score (nSPS) is 16.2. The smallest absolute Gasteiger partial charge is 0.296 e. The van der Waals surface area contributed by atoms with Gasteiger partial charge in [0.1, 0.15) is 0 Å². The maximum atomic E-state index is 12.2. The SMILES string of the molecule is CCn1nnnc1N1CCC(CCOS(=O)(=O)c2ccc(C)cc2)CC1. The third-order valence-electron chi connectivity index (χ3n) is 4.78. The van der Waals surface area contributed by atoms with Crippen molar-refractivity contribution in [3.8, 4) is 0 Å². The molecule has 0 atom stereocenters. The average molecular weight is 379 g/mol. The van der Waals surface area contributed by atoms with E-state index in [0.29, 0.717) is 5.92 Å². The molecule has 0 radical (unpaired) electrons. The predicted molar refractivity (Wildman–Crippen MR) is 97.4 cm³/mol. The van der Waals surface area contributed by atoms with Gasteiger partial charge in [-0.15, -0.1) is 0 Å². The van der Waals surface area contributed by atoms with Crippen LogP contribution in [0.15, 0.2) is 29.2 Å². The third kappa shape index (κ3) is 4.39. The number of tetrazole rings is 1. The van der Waals surface area contributed by atoms with Crippen LogP contribution in [0, 0.1) is 12.8 Å². The maximum absolute atomic E-state index is 12.2. The van der Waals surface area contributed by atoms with E-state index in [9.17, 15) is 8.42 Å². The molecule has 1 saturated heterocycles. The highest BCUT2D eigenvalue weighted by Gasteiger charge is 2.23. The largest absolute Gasteiger partial charge is 0.340 e. The van der Waals surface area contributed by atoms with E-state index in [4.69, 9.17) is 4.18 Å². The molecule has 2 heterocycles. The second-order valence-corrected chi connectivity index (χ2v) is 8.22. The van der Waals surface area contributed by atoms with Crippen LogP contribution in [0.3, 0.4) is 0 Å². The van der Waals surface area contributed by atoms with Gasteiger partial charge in [0.2, 0.25) is 5.95 Å². The Morgan fingerprint density at radius 2 is 1.88 bits per heavy atom. The molecule has 8 nitrogen and oxygen atoms in total. The van der Waals surface area contributed by atoms with E-state index in [2.05, 4.69) is 20.4 Å². The van der Waals surface area contributed by atoms with Gasteiger partial charge in [0.15, 0.2) is 0 Å². The van der Waals surface area contributed by atoms with E-state index in [0.717, 1.165) is 50.4 Å². The van der Waals surface area contributed by atoms with E-state index in [1.54, 1.807) is 28.9 Å². The van der Waals surface area contributed by atoms with Crippen LogP contribution in [0.1, 0.15) is 31.7 Å². The van der Waals surface area contributed by atoms with Crippen molar-refractivity contribution in [2.75, 3.05) is 24.6 Å². The molecule has 0 saturated carbocycles. The van der Waals surface area contributed by atoms with Crippen LogP contribution in [0.4, 0.5) is 5.95 Å². The number of nitrogens with zero attached hydrogens (tertiary/aromatic N) is 5. The highest BCUT2D eigenvalue weighted by molar-refractivity contribution is 7.86. The molecule has 26 heavy (non-hydrogen) atoms. The quantitative estimate of drug-likeness (QED) is 0.680. The fourth-order valence-electron chi connectivity index (χ4n) is 3.15. The second kappa shape index (κ2) is 8.13. The standard InChI is InChI=1S/C17H25N5O3S/c1-3-22-17(18-19-20-22)21-11-8-15(9-12-21)10-13-25-26(23,24)16-6-4-14(2)5-7-16/h4-7,15H,3,8-13H2,1-2H3. The van der Waals surface area contributed by atoms with Crippen LogP contribution in [-0.4, -0.2) is 48.3 Å². The first-order chi connectivity index (χ1) is 12.5. The summed E-state index contributed by atoms with van der Waals surface area (Å²) in [7, 11) is -3.67. The molecular formula is C17H25N5O3S. The zero-order valence-electron chi connectivity index (χ0n) is 15.2. The van der Waals surface area contributed by atoms with Crippen molar-refractivity contribution in [2.24, 2.45) is 5.92 Å². The van der Waals surface area contributed by atoms with Gasteiger partial charge < -0.3 is 4.90 Å². The summed E-state index contributed by atoms with van der Waals surface area (Å²) in [5, 5.41) is 11.8. The first kappa shape index (κ1) is 18.8. The Kier molecular flexibility index (Phi) is 5.87. The summed E-state index contributed by atoms with van der Waals surface area (Å²) in [5.41, 5.74) is 1.02. The highest BCUT2D eigenvalue weighted by Crippen LogP contribution is 2.24. The van der Waals surface area contributed by atoms with Gasteiger partial charge in [-0.2, -0.15) is 8.42 Å². The van der Waals surface area contributed by atoms with Gasteiger partial charge in [-0.05, 0) is 61.6 Å². The van der Waals surface area contributed by atoms with E-state index in [1.165, 1.54) is 0 Å². The number of aryl methyl sites for hydroxylation is 2. The maximum Gasteiger partial charge on any atom is 0.296 e. The van der Waals surface area contributed by atoms with E-state index >= 15 is 0 Å². The molecule has 3 rings (SSSR count). The zero-order valence-corrected chi connectivity index (χ0v) is 16.0. The zero-order chi connectivity index (χ0) is 18.6. The number of hydrogen-bond donors (Lipinski definition) is 0. The molecular weight excluding hydrogens is 354 g/mol. The van der Waals surface area contributed by atoms with Gasteiger partial charge in [0.25, 0.3) is 10.1 Å². The minimum absolute atomic E-state index is 0.212. The lowest BCUT2D eigenvalue weighted by molar-refractivity contribution is 0.261. The van der Waals surface area contributed by atoms with Crippen LogP contribution >= 0.6 is 0 Å². The summed E-state index contributed by atoms with van der Waals surface area (Å²) < 4.78 is 31.4. The fourth-order valence-corrected chi connectivity index (χ4v) is 4.07. The van der Waals surface area contributed by atoms with Gasteiger partial charge in [-0.3, -0.25) is 4.18 Å². The number of rotatable bonds is 7.